The number of hydrogen-bond donors (Lipinski definition) is 0. The number of benzene rings is 1. The van der Waals surface area contributed by atoms with E-state index in [9.17, 15) is 18.0 Å². The van der Waals surface area contributed by atoms with Gasteiger partial charge in [0.05, 0.1) is 24.9 Å². The summed E-state index contributed by atoms with van der Waals surface area (Å²) in [6.45, 7) is 5.39. The minimum absolute atomic E-state index is 0.0657. The molecule has 3 rings (SSSR count). The van der Waals surface area contributed by atoms with Crippen LogP contribution in [0, 0.1) is 0 Å². The molecule has 0 aliphatic rings. The van der Waals surface area contributed by atoms with Gasteiger partial charge in [-0.25, -0.2) is 14.7 Å². The van der Waals surface area contributed by atoms with Gasteiger partial charge < -0.3 is 9.47 Å². The summed E-state index contributed by atoms with van der Waals surface area (Å²) in [6, 6.07) is 8.97. The average Bonchev–Trinajstić information content (AvgIpc) is 3.20. The predicted molar refractivity (Wildman–Crippen MR) is 116 cm³/mol. The van der Waals surface area contributed by atoms with Gasteiger partial charge in [-0.1, -0.05) is 12.1 Å². The van der Waals surface area contributed by atoms with Crippen molar-refractivity contribution in [2.24, 2.45) is 0 Å². The number of rotatable bonds is 5. The molecule has 0 bridgehead atoms. The summed E-state index contributed by atoms with van der Waals surface area (Å²) in [7, 11) is 1.56. The first-order valence-electron chi connectivity index (χ1n) is 9.59. The normalized spacial score (nSPS) is 11.8. The maximum atomic E-state index is 13.1. The Hall–Kier alpha value is -3.14. The third-order valence-corrected chi connectivity index (χ3v) is 5.05. The van der Waals surface area contributed by atoms with Crippen molar-refractivity contribution in [3.63, 3.8) is 0 Å². The molecule has 1 aromatic carbocycles. The number of pyridine rings is 1. The molecule has 6 nitrogen and oxygen atoms in total. The second-order valence-corrected chi connectivity index (χ2v) is 8.69. The van der Waals surface area contributed by atoms with Crippen LogP contribution in [0.25, 0.3) is 11.4 Å². The Balaban J connectivity index is 1.93. The first kappa shape index (κ1) is 23.5. The molecule has 32 heavy (non-hydrogen) atoms. The van der Waals surface area contributed by atoms with E-state index < -0.39 is 23.4 Å². The highest BCUT2D eigenvalue weighted by atomic mass is 32.1. The Bertz CT molecular complexity index is 1080. The fourth-order valence-corrected chi connectivity index (χ4v) is 3.50. The van der Waals surface area contributed by atoms with Crippen LogP contribution in [0.2, 0.25) is 0 Å². The number of methoxy groups -OCH3 is 1. The third kappa shape index (κ3) is 5.97. The maximum Gasteiger partial charge on any atom is 0.416 e. The quantitative estimate of drug-likeness (QED) is 0.451. The van der Waals surface area contributed by atoms with E-state index in [-0.39, 0.29) is 23.1 Å². The lowest BCUT2D eigenvalue weighted by Gasteiger charge is -2.26. The van der Waals surface area contributed by atoms with Crippen molar-refractivity contribution in [2.75, 3.05) is 12.0 Å². The number of amides is 1. The molecule has 170 valence electrons. The molecule has 0 aliphatic heterocycles. The van der Waals surface area contributed by atoms with E-state index in [4.69, 9.17) is 9.47 Å². The zero-order valence-corrected chi connectivity index (χ0v) is 18.8. The van der Waals surface area contributed by atoms with Crippen molar-refractivity contribution in [1.82, 2.24) is 9.97 Å². The molecule has 0 fully saturated rings. The second kappa shape index (κ2) is 9.15. The van der Waals surface area contributed by atoms with Crippen molar-refractivity contribution in [3.8, 4) is 17.1 Å². The number of alkyl halides is 3. The lowest BCUT2D eigenvalue weighted by atomic mass is 10.2. The van der Waals surface area contributed by atoms with Crippen LogP contribution in [0.5, 0.6) is 5.75 Å². The van der Waals surface area contributed by atoms with Gasteiger partial charge in [0.2, 0.25) is 0 Å². The molecule has 2 heterocycles. The number of carbonyl (C=O) groups excluding carboxylic acids is 1. The van der Waals surface area contributed by atoms with Crippen molar-refractivity contribution in [1.29, 1.82) is 0 Å². The zero-order chi connectivity index (χ0) is 23.5. The van der Waals surface area contributed by atoms with E-state index in [1.807, 2.05) is 0 Å². The van der Waals surface area contributed by atoms with Crippen LogP contribution in [-0.4, -0.2) is 28.8 Å². The Kier molecular flexibility index (Phi) is 6.73. The zero-order valence-electron chi connectivity index (χ0n) is 17.9. The second-order valence-electron chi connectivity index (χ2n) is 7.86. The van der Waals surface area contributed by atoms with Gasteiger partial charge in [-0.05, 0) is 50.6 Å². The van der Waals surface area contributed by atoms with Gasteiger partial charge in [-0.3, -0.25) is 4.98 Å². The van der Waals surface area contributed by atoms with Crippen molar-refractivity contribution in [2.45, 2.75) is 39.1 Å². The molecular formula is C22H22F3N3O3S. The number of halogens is 3. The Labute approximate surface area is 187 Å². The number of nitrogens with zero attached hydrogens (tertiary/aromatic N) is 3. The number of aromatic nitrogens is 2. The molecule has 0 radical (unpaired) electrons. The molecule has 0 aliphatic carbocycles. The van der Waals surface area contributed by atoms with Crippen LogP contribution in [0.4, 0.5) is 23.1 Å². The Morgan fingerprint density at radius 2 is 1.78 bits per heavy atom. The number of hydrogen-bond acceptors (Lipinski definition) is 6. The smallest absolute Gasteiger partial charge is 0.416 e. The first-order valence-corrected chi connectivity index (χ1v) is 10.5. The van der Waals surface area contributed by atoms with Gasteiger partial charge in [0.1, 0.15) is 17.0 Å². The minimum Gasteiger partial charge on any atom is -0.497 e. The summed E-state index contributed by atoms with van der Waals surface area (Å²) in [4.78, 5) is 22.6. The van der Waals surface area contributed by atoms with E-state index in [1.54, 1.807) is 57.5 Å². The fraction of sp³-hybridized carbons (Fsp3) is 0.318. The van der Waals surface area contributed by atoms with Crippen LogP contribution >= 0.6 is 11.3 Å². The standard InChI is InChI=1S/C22H22F3N3O3S/c1-21(2,3)31-20(29)28(12-14-5-7-16(30-4)8-6-14)19-27-18(13-32-19)17-11-15(9-10-26-17)22(23,24)25/h5-11,13H,12H2,1-4H3. The van der Waals surface area contributed by atoms with Gasteiger partial charge >= 0.3 is 12.3 Å². The van der Waals surface area contributed by atoms with Crippen LogP contribution in [0.1, 0.15) is 31.9 Å². The highest BCUT2D eigenvalue weighted by molar-refractivity contribution is 7.14. The summed E-state index contributed by atoms with van der Waals surface area (Å²) in [6.07, 6.45) is -4.03. The van der Waals surface area contributed by atoms with Crippen LogP contribution in [-0.2, 0) is 17.5 Å². The van der Waals surface area contributed by atoms with E-state index in [0.717, 1.165) is 35.2 Å². The van der Waals surface area contributed by atoms with Crippen LogP contribution in [0.15, 0.2) is 48.0 Å². The number of anilines is 1. The summed E-state index contributed by atoms with van der Waals surface area (Å²) in [5.74, 6) is 0.671. The van der Waals surface area contributed by atoms with Crippen molar-refractivity contribution >= 4 is 22.6 Å². The first-order chi connectivity index (χ1) is 15.0. The van der Waals surface area contributed by atoms with E-state index >= 15 is 0 Å². The van der Waals surface area contributed by atoms with E-state index in [0.29, 0.717) is 5.75 Å². The monoisotopic (exact) mass is 465 g/mol. The van der Waals surface area contributed by atoms with E-state index in [1.165, 1.54) is 4.90 Å². The van der Waals surface area contributed by atoms with Gasteiger partial charge in [0.25, 0.3) is 0 Å². The lowest BCUT2D eigenvalue weighted by Crippen LogP contribution is -2.36. The number of carbonyl (C=O) groups is 1. The largest absolute Gasteiger partial charge is 0.497 e. The molecule has 0 atom stereocenters. The summed E-state index contributed by atoms with van der Waals surface area (Å²) in [5.41, 5.74) is -0.460. The average molecular weight is 465 g/mol. The molecule has 0 saturated carbocycles. The molecule has 0 spiro atoms. The molecule has 2 aromatic heterocycles. The van der Waals surface area contributed by atoms with Crippen molar-refractivity contribution < 1.29 is 27.4 Å². The van der Waals surface area contributed by atoms with Gasteiger partial charge in [0.15, 0.2) is 5.13 Å². The topological polar surface area (TPSA) is 64.5 Å². The molecule has 3 aromatic rings. The molecule has 1 amide bonds. The predicted octanol–water partition coefficient (Wildman–Crippen LogP) is 6.17. The Morgan fingerprint density at radius 3 is 2.38 bits per heavy atom. The molecule has 0 saturated heterocycles. The SMILES string of the molecule is COc1ccc(CN(C(=O)OC(C)(C)C)c2nc(-c3cc(C(F)(F)F)ccn3)cs2)cc1. The van der Waals surface area contributed by atoms with E-state index in [2.05, 4.69) is 9.97 Å². The number of thiazole rings is 1. The van der Waals surface area contributed by atoms with Crippen LogP contribution < -0.4 is 9.64 Å². The maximum absolute atomic E-state index is 13.1. The Morgan fingerprint density at radius 1 is 1.09 bits per heavy atom. The van der Waals surface area contributed by atoms with Gasteiger partial charge in [-0.15, -0.1) is 11.3 Å². The summed E-state index contributed by atoms with van der Waals surface area (Å²) < 4.78 is 49.8. The summed E-state index contributed by atoms with van der Waals surface area (Å²) in [5, 5.41) is 1.84. The molecular weight excluding hydrogens is 443 g/mol. The summed E-state index contributed by atoms with van der Waals surface area (Å²) >= 11 is 1.12. The molecule has 0 N–H and O–H groups in total. The molecule has 10 heteroatoms. The fourth-order valence-electron chi connectivity index (χ4n) is 2.69. The molecule has 0 unspecified atom stereocenters. The highest BCUT2D eigenvalue weighted by Gasteiger charge is 2.31. The van der Waals surface area contributed by atoms with Crippen LogP contribution in [0.3, 0.4) is 0 Å². The van der Waals surface area contributed by atoms with Crippen molar-refractivity contribution in [3.05, 3.63) is 59.1 Å². The highest BCUT2D eigenvalue weighted by Crippen LogP contribution is 2.33. The number of ether oxygens (including phenoxy) is 2. The van der Waals surface area contributed by atoms with Gasteiger partial charge in [0, 0.05) is 11.6 Å². The third-order valence-electron chi connectivity index (χ3n) is 4.19. The minimum atomic E-state index is -4.49. The van der Waals surface area contributed by atoms with Gasteiger partial charge in [-0.2, -0.15) is 13.2 Å². The lowest BCUT2D eigenvalue weighted by molar-refractivity contribution is -0.137.